The topological polar surface area (TPSA) is 69.7 Å². The quantitative estimate of drug-likeness (QED) is 0.919. The Morgan fingerprint density at radius 3 is 2.85 bits per heavy atom. The summed E-state index contributed by atoms with van der Waals surface area (Å²) in [6.45, 7) is 0.128. The number of pyridine rings is 1. The highest BCUT2D eigenvalue weighted by molar-refractivity contribution is 5.91. The average Bonchev–Trinajstić information content (AvgIpc) is 2.93. The van der Waals surface area contributed by atoms with Gasteiger partial charge in [0.25, 0.3) is 5.91 Å². The third-order valence-corrected chi connectivity index (χ3v) is 2.68. The zero-order valence-corrected chi connectivity index (χ0v) is 10.5. The predicted octanol–water partition coefficient (Wildman–Crippen LogP) is 1.83. The van der Waals surface area contributed by atoms with E-state index in [-0.39, 0.29) is 19.3 Å². The first-order chi connectivity index (χ1) is 9.81. The van der Waals surface area contributed by atoms with Gasteiger partial charge in [-0.05, 0) is 24.3 Å². The Balaban J connectivity index is 1.55. The Bertz CT molecular complexity index is 616. The summed E-state index contributed by atoms with van der Waals surface area (Å²) in [7, 11) is 0. The van der Waals surface area contributed by atoms with E-state index in [1.807, 2.05) is 0 Å². The van der Waals surface area contributed by atoms with Crippen LogP contribution in [-0.4, -0.2) is 24.3 Å². The Morgan fingerprint density at radius 2 is 2.00 bits per heavy atom. The van der Waals surface area contributed by atoms with Gasteiger partial charge in [0.1, 0.15) is 5.75 Å². The second kappa shape index (κ2) is 5.48. The highest BCUT2D eigenvalue weighted by atomic mass is 16.7. The molecule has 2 aromatic rings. The first-order valence-corrected chi connectivity index (χ1v) is 6.03. The van der Waals surface area contributed by atoms with Crippen molar-refractivity contribution in [1.29, 1.82) is 0 Å². The van der Waals surface area contributed by atoms with Crippen molar-refractivity contribution < 1.29 is 19.0 Å². The minimum atomic E-state index is -0.242. The molecule has 6 heteroatoms. The molecule has 1 amide bonds. The minimum Gasteiger partial charge on any atom is -0.484 e. The van der Waals surface area contributed by atoms with Gasteiger partial charge < -0.3 is 19.5 Å². The van der Waals surface area contributed by atoms with Crippen LogP contribution >= 0.6 is 0 Å². The molecule has 1 aromatic carbocycles. The number of anilines is 1. The summed E-state index contributed by atoms with van der Waals surface area (Å²) in [5, 5.41) is 2.70. The first kappa shape index (κ1) is 12.3. The molecule has 2 heterocycles. The predicted molar refractivity (Wildman–Crippen MR) is 70.9 cm³/mol. The molecule has 0 fully saturated rings. The van der Waals surface area contributed by atoms with E-state index in [0.717, 1.165) is 0 Å². The molecule has 1 aromatic heterocycles. The number of amides is 1. The molecule has 102 valence electrons. The van der Waals surface area contributed by atoms with Crippen LogP contribution in [0.2, 0.25) is 0 Å². The van der Waals surface area contributed by atoms with Crippen molar-refractivity contribution >= 4 is 11.6 Å². The van der Waals surface area contributed by atoms with Gasteiger partial charge >= 0.3 is 0 Å². The van der Waals surface area contributed by atoms with Gasteiger partial charge in [0.15, 0.2) is 18.1 Å². The summed E-state index contributed by atoms with van der Waals surface area (Å²) in [5.74, 6) is 1.61. The number of rotatable bonds is 4. The molecular weight excluding hydrogens is 260 g/mol. The number of nitrogens with one attached hydrogen (secondary N) is 1. The lowest BCUT2D eigenvalue weighted by molar-refractivity contribution is -0.118. The normalized spacial score (nSPS) is 12.0. The smallest absolute Gasteiger partial charge is 0.262 e. The number of carbonyl (C=O) groups is 1. The van der Waals surface area contributed by atoms with E-state index in [4.69, 9.17) is 14.2 Å². The standard InChI is InChI=1S/C14H12N2O4/c17-14(16-10-3-5-15-6-4-10)8-18-11-1-2-12-13(7-11)20-9-19-12/h1-7H,8-9H2,(H,15,16,17). The monoisotopic (exact) mass is 272 g/mol. The molecule has 0 spiro atoms. The Labute approximate surface area is 115 Å². The van der Waals surface area contributed by atoms with E-state index in [0.29, 0.717) is 22.9 Å². The number of fused-ring (bicyclic) bond motifs is 1. The zero-order chi connectivity index (χ0) is 13.8. The molecule has 0 saturated carbocycles. The fourth-order valence-corrected chi connectivity index (χ4v) is 1.75. The number of nitrogens with zero attached hydrogens (tertiary/aromatic N) is 1. The Morgan fingerprint density at radius 1 is 1.20 bits per heavy atom. The summed E-state index contributed by atoms with van der Waals surface area (Å²) in [6.07, 6.45) is 3.21. The lowest BCUT2D eigenvalue weighted by Gasteiger charge is -2.07. The van der Waals surface area contributed by atoms with Gasteiger partial charge in [-0.1, -0.05) is 0 Å². The van der Waals surface area contributed by atoms with E-state index >= 15 is 0 Å². The fourth-order valence-electron chi connectivity index (χ4n) is 1.75. The largest absolute Gasteiger partial charge is 0.484 e. The van der Waals surface area contributed by atoms with Crippen LogP contribution in [-0.2, 0) is 4.79 Å². The van der Waals surface area contributed by atoms with E-state index in [1.54, 1.807) is 42.7 Å². The van der Waals surface area contributed by atoms with Crippen molar-refractivity contribution in [3.63, 3.8) is 0 Å². The second-order valence-electron chi connectivity index (χ2n) is 4.09. The average molecular weight is 272 g/mol. The van der Waals surface area contributed by atoms with Crippen LogP contribution < -0.4 is 19.5 Å². The first-order valence-electron chi connectivity index (χ1n) is 6.03. The van der Waals surface area contributed by atoms with Crippen LogP contribution in [0.25, 0.3) is 0 Å². The summed E-state index contributed by atoms with van der Waals surface area (Å²) in [5.41, 5.74) is 0.680. The maximum Gasteiger partial charge on any atom is 0.262 e. The fraction of sp³-hybridized carbons (Fsp3) is 0.143. The molecule has 20 heavy (non-hydrogen) atoms. The summed E-state index contributed by atoms with van der Waals surface area (Å²) in [4.78, 5) is 15.6. The lowest BCUT2D eigenvalue weighted by atomic mass is 10.3. The van der Waals surface area contributed by atoms with E-state index < -0.39 is 0 Å². The molecule has 0 unspecified atom stereocenters. The van der Waals surface area contributed by atoms with Crippen molar-refractivity contribution in [2.24, 2.45) is 0 Å². The number of benzene rings is 1. The SMILES string of the molecule is O=C(COc1ccc2c(c1)OCO2)Nc1ccncc1. The Kier molecular flexibility index (Phi) is 3.36. The number of hydrogen-bond donors (Lipinski definition) is 1. The van der Waals surface area contributed by atoms with Crippen molar-refractivity contribution in [3.8, 4) is 17.2 Å². The molecule has 0 saturated heterocycles. The Hall–Kier alpha value is -2.76. The molecule has 0 radical (unpaired) electrons. The van der Waals surface area contributed by atoms with Crippen LogP contribution in [0.1, 0.15) is 0 Å². The third-order valence-electron chi connectivity index (χ3n) is 2.68. The number of carbonyl (C=O) groups excluding carboxylic acids is 1. The molecule has 0 atom stereocenters. The maximum atomic E-state index is 11.7. The number of hydrogen-bond acceptors (Lipinski definition) is 5. The minimum absolute atomic E-state index is 0.0814. The summed E-state index contributed by atoms with van der Waals surface area (Å²) in [6, 6.07) is 8.59. The van der Waals surface area contributed by atoms with Crippen molar-refractivity contribution in [2.75, 3.05) is 18.7 Å². The van der Waals surface area contributed by atoms with Crippen LogP contribution in [0.5, 0.6) is 17.2 Å². The van der Waals surface area contributed by atoms with Gasteiger partial charge in [-0.3, -0.25) is 9.78 Å². The van der Waals surface area contributed by atoms with Crippen LogP contribution in [0.4, 0.5) is 5.69 Å². The van der Waals surface area contributed by atoms with Crippen LogP contribution in [0.3, 0.4) is 0 Å². The highest BCUT2D eigenvalue weighted by Gasteiger charge is 2.14. The zero-order valence-electron chi connectivity index (χ0n) is 10.5. The van der Waals surface area contributed by atoms with Gasteiger partial charge in [0.2, 0.25) is 6.79 Å². The van der Waals surface area contributed by atoms with Crippen LogP contribution in [0.15, 0.2) is 42.7 Å². The van der Waals surface area contributed by atoms with Crippen molar-refractivity contribution in [3.05, 3.63) is 42.7 Å². The molecule has 1 N–H and O–H groups in total. The summed E-state index contributed by atoms with van der Waals surface area (Å²) < 4.78 is 15.8. The van der Waals surface area contributed by atoms with Crippen LogP contribution in [0, 0.1) is 0 Å². The summed E-state index contributed by atoms with van der Waals surface area (Å²) >= 11 is 0. The molecule has 3 rings (SSSR count). The van der Waals surface area contributed by atoms with E-state index in [2.05, 4.69) is 10.3 Å². The highest BCUT2D eigenvalue weighted by Crippen LogP contribution is 2.34. The van der Waals surface area contributed by atoms with Crippen molar-refractivity contribution in [1.82, 2.24) is 4.98 Å². The van der Waals surface area contributed by atoms with Gasteiger partial charge in [0.05, 0.1) is 0 Å². The second-order valence-corrected chi connectivity index (χ2v) is 4.09. The molecular formula is C14H12N2O4. The molecule has 0 bridgehead atoms. The van der Waals surface area contributed by atoms with Gasteiger partial charge in [0, 0.05) is 24.1 Å². The third kappa shape index (κ3) is 2.80. The van der Waals surface area contributed by atoms with E-state index in [1.165, 1.54) is 0 Å². The maximum absolute atomic E-state index is 11.7. The van der Waals surface area contributed by atoms with Crippen molar-refractivity contribution in [2.45, 2.75) is 0 Å². The molecule has 6 nitrogen and oxygen atoms in total. The number of ether oxygens (including phenoxy) is 3. The number of aromatic nitrogens is 1. The van der Waals surface area contributed by atoms with Gasteiger partial charge in [-0.2, -0.15) is 0 Å². The molecule has 0 aliphatic carbocycles. The molecule has 1 aliphatic heterocycles. The van der Waals surface area contributed by atoms with Gasteiger partial charge in [-0.25, -0.2) is 0 Å². The van der Waals surface area contributed by atoms with Gasteiger partial charge in [-0.15, -0.1) is 0 Å². The lowest BCUT2D eigenvalue weighted by Crippen LogP contribution is -2.20. The van der Waals surface area contributed by atoms with E-state index in [9.17, 15) is 4.79 Å². The molecule has 1 aliphatic rings.